The van der Waals surface area contributed by atoms with E-state index in [0.29, 0.717) is 22.1 Å². The maximum atomic E-state index is 14.2. The summed E-state index contributed by atoms with van der Waals surface area (Å²) in [6.07, 6.45) is 1.74. The lowest BCUT2D eigenvalue weighted by Gasteiger charge is -2.28. The summed E-state index contributed by atoms with van der Waals surface area (Å²) in [5.41, 5.74) is 5.27. The van der Waals surface area contributed by atoms with E-state index in [2.05, 4.69) is 10.3 Å². The van der Waals surface area contributed by atoms with E-state index in [4.69, 9.17) is 17.0 Å². The van der Waals surface area contributed by atoms with E-state index in [1.54, 1.807) is 31.3 Å². The number of nitro groups is 1. The molecule has 38 heavy (non-hydrogen) atoms. The van der Waals surface area contributed by atoms with Gasteiger partial charge in [-0.25, -0.2) is 4.39 Å². The van der Waals surface area contributed by atoms with Gasteiger partial charge < -0.3 is 19.5 Å². The van der Waals surface area contributed by atoms with E-state index in [1.165, 1.54) is 25.3 Å². The zero-order valence-electron chi connectivity index (χ0n) is 21.3. The van der Waals surface area contributed by atoms with E-state index >= 15 is 0 Å². The highest BCUT2D eigenvalue weighted by atomic mass is 32.1. The summed E-state index contributed by atoms with van der Waals surface area (Å²) in [5.74, 6) is 0.219. The first kappa shape index (κ1) is 25.3. The first-order valence-corrected chi connectivity index (χ1v) is 12.4. The van der Waals surface area contributed by atoms with E-state index in [9.17, 15) is 14.5 Å². The van der Waals surface area contributed by atoms with Gasteiger partial charge in [-0.05, 0) is 86.6 Å². The van der Waals surface area contributed by atoms with Crippen molar-refractivity contribution in [2.75, 3.05) is 12.0 Å². The van der Waals surface area contributed by atoms with Crippen LogP contribution in [0, 0.1) is 36.7 Å². The first-order chi connectivity index (χ1) is 18.2. The minimum absolute atomic E-state index is 0.0339. The van der Waals surface area contributed by atoms with Gasteiger partial charge in [0.15, 0.2) is 5.11 Å². The summed E-state index contributed by atoms with van der Waals surface area (Å²) in [6, 6.07) is 16.6. The van der Waals surface area contributed by atoms with Gasteiger partial charge in [0, 0.05) is 35.4 Å². The molecule has 0 radical (unpaired) electrons. The van der Waals surface area contributed by atoms with Crippen LogP contribution in [0.25, 0.3) is 5.69 Å². The number of nitrogens with zero attached hydrogens (tertiary/aromatic N) is 4. The van der Waals surface area contributed by atoms with Crippen molar-refractivity contribution in [3.63, 3.8) is 0 Å². The number of aryl methyl sites for hydroxylation is 2. The fourth-order valence-electron chi connectivity index (χ4n) is 5.15. The van der Waals surface area contributed by atoms with Crippen molar-refractivity contribution in [2.24, 2.45) is 0 Å². The number of nitro benzene ring substituents is 1. The summed E-state index contributed by atoms with van der Waals surface area (Å²) in [4.78, 5) is 17.7. The summed E-state index contributed by atoms with van der Waals surface area (Å²) < 4.78 is 21.7. The quantitative estimate of drug-likeness (QED) is 0.185. The van der Waals surface area contributed by atoms with Gasteiger partial charge in [0.25, 0.3) is 5.69 Å². The minimum atomic E-state index is -0.424. The largest absolute Gasteiger partial charge is 0.495 e. The van der Waals surface area contributed by atoms with Crippen molar-refractivity contribution in [3.05, 3.63) is 111 Å². The molecule has 194 valence electrons. The Balaban J connectivity index is 1.71. The Morgan fingerprint density at radius 1 is 1.11 bits per heavy atom. The summed E-state index contributed by atoms with van der Waals surface area (Å²) in [7, 11) is 1.54. The van der Waals surface area contributed by atoms with Crippen molar-refractivity contribution in [1.29, 1.82) is 0 Å². The molecule has 0 bridgehead atoms. The van der Waals surface area contributed by atoms with Gasteiger partial charge in [0.1, 0.15) is 11.6 Å². The summed E-state index contributed by atoms with van der Waals surface area (Å²) >= 11 is 5.81. The smallest absolute Gasteiger partial charge is 0.271 e. The van der Waals surface area contributed by atoms with Gasteiger partial charge in [-0.1, -0.05) is 6.07 Å². The molecule has 1 N–H and O–H groups in total. The van der Waals surface area contributed by atoms with Crippen LogP contribution < -0.4 is 15.0 Å². The second kappa shape index (κ2) is 9.86. The summed E-state index contributed by atoms with van der Waals surface area (Å²) in [6.45, 7) is 5.63. The van der Waals surface area contributed by atoms with Crippen LogP contribution in [0.1, 0.15) is 40.3 Å². The van der Waals surface area contributed by atoms with Crippen LogP contribution in [0.4, 0.5) is 15.8 Å². The zero-order valence-corrected chi connectivity index (χ0v) is 22.1. The third-order valence-corrected chi connectivity index (χ3v) is 7.24. The standard InChI is InChI=1S/C28H26FN5O3S/c1-16-13-19(8-10-22(16)29)33-27(26(31-28(33)38)23-7-5-6-12-30-23)21-14-17(2)32(18(21)3)24-15-20(34(35)36)9-11-25(24)37-4/h5-15,26-27H,1-4H3,(H,31,38). The number of halogens is 1. The molecule has 0 saturated carbocycles. The lowest BCUT2D eigenvalue weighted by atomic mass is 9.96. The SMILES string of the molecule is COc1ccc([N+](=O)[O-])cc1-n1c(C)cc(C2C(c3ccccn3)NC(=S)N2c2ccc(F)c(C)c2)c1C. The molecule has 2 aromatic heterocycles. The Hall–Kier alpha value is -4.31. The van der Waals surface area contributed by atoms with Crippen molar-refractivity contribution >= 4 is 28.7 Å². The molecule has 8 nitrogen and oxygen atoms in total. The number of hydrogen-bond acceptors (Lipinski definition) is 5. The number of benzene rings is 2. The van der Waals surface area contributed by atoms with Crippen molar-refractivity contribution in [1.82, 2.24) is 14.9 Å². The lowest BCUT2D eigenvalue weighted by Crippen LogP contribution is -2.29. The number of methoxy groups -OCH3 is 1. The number of aromatic nitrogens is 2. The molecule has 0 spiro atoms. The Labute approximate surface area is 224 Å². The Kier molecular flexibility index (Phi) is 6.58. The highest BCUT2D eigenvalue weighted by Crippen LogP contribution is 2.44. The van der Waals surface area contributed by atoms with E-state index in [0.717, 1.165) is 28.3 Å². The molecule has 2 aromatic carbocycles. The predicted molar refractivity (Wildman–Crippen MR) is 148 cm³/mol. The molecule has 3 heterocycles. The monoisotopic (exact) mass is 531 g/mol. The number of nitrogens with one attached hydrogen (secondary N) is 1. The van der Waals surface area contributed by atoms with Crippen molar-refractivity contribution < 1.29 is 14.1 Å². The van der Waals surface area contributed by atoms with Gasteiger partial charge in [-0.15, -0.1) is 0 Å². The topological polar surface area (TPSA) is 85.5 Å². The second-order valence-corrected chi connectivity index (χ2v) is 9.59. The molecule has 5 rings (SSSR count). The number of pyridine rings is 1. The predicted octanol–water partition coefficient (Wildman–Crippen LogP) is 6.03. The number of non-ortho nitro benzene ring substituents is 1. The fourth-order valence-corrected chi connectivity index (χ4v) is 5.50. The molecule has 0 aliphatic carbocycles. The Morgan fingerprint density at radius 3 is 2.55 bits per heavy atom. The number of anilines is 1. The molecular weight excluding hydrogens is 505 g/mol. The van der Waals surface area contributed by atoms with E-state index in [-0.39, 0.29) is 23.6 Å². The van der Waals surface area contributed by atoms with Crippen LogP contribution >= 0.6 is 12.2 Å². The Morgan fingerprint density at radius 2 is 1.89 bits per heavy atom. The molecule has 1 aliphatic rings. The molecule has 2 atom stereocenters. The molecule has 1 saturated heterocycles. The fraction of sp³-hybridized carbons (Fsp3) is 0.214. The van der Waals surface area contributed by atoms with Crippen LogP contribution in [0.3, 0.4) is 0 Å². The van der Waals surface area contributed by atoms with Crippen LogP contribution in [0.5, 0.6) is 5.75 Å². The third-order valence-electron chi connectivity index (χ3n) is 6.92. The molecule has 1 fully saturated rings. The van der Waals surface area contributed by atoms with Crippen LogP contribution in [0.2, 0.25) is 0 Å². The normalized spacial score (nSPS) is 17.0. The van der Waals surface area contributed by atoms with Gasteiger partial charge in [0.2, 0.25) is 0 Å². The molecule has 2 unspecified atom stereocenters. The van der Waals surface area contributed by atoms with Crippen LogP contribution in [0.15, 0.2) is 66.9 Å². The molecule has 0 amide bonds. The van der Waals surface area contributed by atoms with Crippen molar-refractivity contribution in [2.45, 2.75) is 32.9 Å². The maximum Gasteiger partial charge on any atom is 0.271 e. The average Bonchev–Trinajstić information content (AvgIpc) is 3.40. The number of hydrogen-bond donors (Lipinski definition) is 1. The molecule has 10 heteroatoms. The third kappa shape index (κ3) is 4.26. The average molecular weight is 532 g/mol. The van der Waals surface area contributed by atoms with Gasteiger partial charge in [-0.2, -0.15) is 0 Å². The van der Waals surface area contributed by atoms with Crippen molar-refractivity contribution in [3.8, 4) is 11.4 Å². The zero-order chi connectivity index (χ0) is 27.1. The highest BCUT2D eigenvalue weighted by molar-refractivity contribution is 7.80. The molecule has 1 aliphatic heterocycles. The number of ether oxygens (including phenoxy) is 1. The van der Waals surface area contributed by atoms with Gasteiger partial charge >= 0.3 is 0 Å². The Bertz CT molecular complexity index is 1560. The number of rotatable bonds is 6. The van der Waals surface area contributed by atoms with Gasteiger partial charge in [-0.3, -0.25) is 15.1 Å². The molecular formula is C28H26FN5O3S. The number of thiocarbonyl (C=S) groups is 1. The van der Waals surface area contributed by atoms with Gasteiger partial charge in [0.05, 0.1) is 35.5 Å². The van der Waals surface area contributed by atoms with Crippen LogP contribution in [-0.2, 0) is 0 Å². The molecule has 4 aromatic rings. The van der Waals surface area contributed by atoms with E-state index in [1.807, 2.05) is 47.6 Å². The highest BCUT2D eigenvalue weighted by Gasteiger charge is 2.42. The first-order valence-electron chi connectivity index (χ1n) is 12.0. The van der Waals surface area contributed by atoms with Crippen LogP contribution in [-0.4, -0.2) is 26.7 Å². The lowest BCUT2D eigenvalue weighted by molar-refractivity contribution is -0.384. The second-order valence-electron chi connectivity index (χ2n) is 9.21. The summed E-state index contributed by atoms with van der Waals surface area (Å²) in [5, 5.41) is 15.5. The maximum absolute atomic E-state index is 14.2. The minimum Gasteiger partial charge on any atom is -0.495 e. The van der Waals surface area contributed by atoms with E-state index < -0.39 is 4.92 Å².